The number of phenols is 1. The summed E-state index contributed by atoms with van der Waals surface area (Å²) < 4.78 is 13.0. The standard InChI is InChI=1S/C12H17FO/c1-4-12(2,3)8-9-5-6-11(14)10(13)7-9/h5-7,14H,4,8H2,1-3H3. The zero-order valence-corrected chi connectivity index (χ0v) is 8.97. The maximum atomic E-state index is 13.0. The van der Waals surface area contributed by atoms with Gasteiger partial charge in [0.05, 0.1) is 0 Å². The number of rotatable bonds is 3. The normalized spacial score (nSPS) is 11.7. The summed E-state index contributed by atoms with van der Waals surface area (Å²) in [5.41, 5.74) is 1.12. The van der Waals surface area contributed by atoms with Crippen molar-refractivity contribution in [2.45, 2.75) is 33.6 Å². The smallest absolute Gasteiger partial charge is 0.165 e. The van der Waals surface area contributed by atoms with Crippen molar-refractivity contribution < 1.29 is 9.50 Å². The predicted octanol–water partition coefficient (Wildman–Crippen LogP) is 3.51. The van der Waals surface area contributed by atoms with Crippen LogP contribution in [0.4, 0.5) is 4.39 Å². The van der Waals surface area contributed by atoms with Crippen LogP contribution in [-0.4, -0.2) is 5.11 Å². The second-order valence-corrected chi connectivity index (χ2v) is 4.48. The highest BCUT2D eigenvalue weighted by atomic mass is 19.1. The summed E-state index contributed by atoms with van der Waals surface area (Å²) in [6.45, 7) is 6.42. The maximum Gasteiger partial charge on any atom is 0.165 e. The Bertz CT molecular complexity index is 318. The quantitative estimate of drug-likeness (QED) is 0.784. The zero-order valence-electron chi connectivity index (χ0n) is 8.97. The van der Waals surface area contributed by atoms with Crippen molar-refractivity contribution >= 4 is 0 Å². The molecule has 1 nitrogen and oxygen atoms in total. The second kappa shape index (κ2) is 3.99. The van der Waals surface area contributed by atoms with E-state index < -0.39 is 5.82 Å². The average molecular weight is 196 g/mol. The lowest BCUT2D eigenvalue weighted by Gasteiger charge is -2.22. The van der Waals surface area contributed by atoms with Gasteiger partial charge in [-0.1, -0.05) is 33.3 Å². The molecule has 0 aliphatic rings. The van der Waals surface area contributed by atoms with Crippen molar-refractivity contribution in [3.63, 3.8) is 0 Å². The molecule has 0 aromatic heterocycles. The van der Waals surface area contributed by atoms with Gasteiger partial charge < -0.3 is 5.11 Å². The first kappa shape index (κ1) is 11.0. The van der Waals surface area contributed by atoms with Crippen LogP contribution in [0.1, 0.15) is 32.8 Å². The van der Waals surface area contributed by atoms with Gasteiger partial charge in [-0.25, -0.2) is 4.39 Å². The molecule has 0 saturated carbocycles. The van der Waals surface area contributed by atoms with E-state index in [1.807, 2.05) is 0 Å². The highest BCUT2D eigenvalue weighted by Crippen LogP contribution is 2.27. The number of benzene rings is 1. The Labute approximate surface area is 84.6 Å². The van der Waals surface area contributed by atoms with Crippen LogP contribution < -0.4 is 0 Å². The van der Waals surface area contributed by atoms with Crippen molar-refractivity contribution in [2.75, 3.05) is 0 Å². The van der Waals surface area contributed by atoms with Crippen LogP contribution in [0, 0.1) is 11.2 Å². The Morgan fingerprint density at radius 2 is 2.00 bits per heavy atom. The van der Waals surface area contributed by atoms with Crippen molar-refractivity contribution in [1.29, 1.82) is 0 Å². The summed E-state index contributed by atoms with van der Waals surface area (Å²) in [6, 6.07) is 4.60. The molecular formula is C12H17FO. The van der Waals surface area contributed by atoms with E-state index in [1.165, 1.54) is 12.1 Å². The maximum absolute atomic E-state index is 13.0. The summed E-state index contributed by atoms with van der Waals surface area (Å²) in [5, 5.41) is 9.02. The lowest BCUT2D eigenvalue weighted by molar-refractivity contribution is 0.348. The Balaban J connectivity index is 2.83. The number of halogens is 1. The van der Waals surface area contributed by atoms with Gasteiger partial charge in [-0.05, 0) is 29.5 Å². The molecule has 1 aromatic carbocycles. The number of hydrogen-bond donors (Lipinski definition) is 1. The van der Waals surface area contributed by atoms with Crippen LogP contribution in [0.15, 0.2) is 18.2 Å². The predicted molar refractivity (Wildman–Crippen MR) is 55.8 cm³/mol. The van der Waals surface area contributed by atoms with E-state index in [9.17, 15) is 4.39 Å². The molecule has 0 unspecified atom stereocenters. The average Bonchev–Trinajstić information content (AvgIpc) is 2.11. The summed E-state index contributed by atoms with van der Waals surface area (Å²) in [5.74, 6) is -0.808. The first-order chi connectivity index (χ1) is 6.44. The Morgan fingerprint density at radius 1 is 1.36 bits per heavy atom. The third-order valence-corrected chi connectivity index (χ3v) is 2.65. The van der Waals surface area contributed by atoms with Crippen molar-refractivity contribution in [3.05, 3.63) is 29.6 Å². The van der Waals surface area contributed by atoms with Crippen molar-refractivity contribution in [3.8, 4) is 5.75 Å². The van der Waals surface area contributed by atoms with Crippen molar-refractivity contribution in [1.82, 2.24) is 0 Å². The largest absolute Gasteiger partial charge is 0.505 e. The molecule has 0 fully saturated rings. The zero-order chi connectivity index (χ0) is 10.8. The molecule has 0 bridgehead atoms. The molecule has 1 aromatic rings. The topological polar surface area (TPSA) is 20.2 Å². The fraction of sp³-hybridized carbons (Fsp3) is 0.500. The molecule has 0 aliphatic heterocycles. The van der Waals surface area contributed by atoms with Gasteiger partial charge in [0.2, 0.25) is 0 Å². The lowest BCUT2D eigenvalue weighted by Crippen LogP contribution is -2.13. The van der Waals surface area contributed by atoms with Gasteiger partial charge >= 0.3 is 0 Å². The highest BCUT2D eigenvalue weighted by molar-refractivity contribution is 5.28. The second-order valence-electron chi connectivity index (χ2n) is 4.48. The van der Waals surface area contributed by atoms with Crippen molar-refractivity contribution in [2.24, 2.45) is 5.41 Å². The molecule has 0 saturated heterocycles. The van der Waals surface area contributed by atoms with Crippen LogP contribution in [0.5, 0.6) is 5.75 Å². The van der Waals surface area contributed by atoms with Crippen LogP contribution in [-0.2, 0) is 6.42 Å². The van der Waals surface area contributed by atoms with E-state index in [-0.39, 0.29) is 11.2 Å². The van der Waals surface area contributed by atoms with Gasteiger partial charge in [-0.15, -0.1) is 0 Å². The SMILES string of the molecule is CCC(C)(C)Cc1ccc(O)c(F)c1. The molecule has 0 radical (unpaired) electrons. The molecule has 2 heteroatoms. The van der Waals surface area contributed by atoms with E-state index in [4.69, 9.17) is 5.11 Å². The molecule has 0 spiro atoms. The molecule has 0 aliphatic carbocycles. The third kappa shape index (κ3) is 2.72. The van der Waals surface area contributed by atoms with Gasteiger partial charge in [-0.2, -0.15) is 0 Å². The molecular weight excluding hydrogens is 179 g/mol. The Morgan fingerprint density at radius 3 is 2.50 bits per heavy atom. The van der Waals surface area contributed by atoms with E-state index in [2.05, 4.69) is 20.8 Å². The van der Waals surface area contributed by atoms with E-state index >= 15 is 0 Å². The fourth-order valence-electron chi connectivity index (χ4n) is 1.34. The summed E-state index contributed by atoms with van der Waals surface area (Å²) in [7, 11) is 0. The molecule has 78 valence electrons. The molecule has 0 amide bonds. The monoisotopic (exact) mass is 196 g/mol. The molecule has 1 N–H and O–H groups in total. The minimum Gasteiger partial charge on any atom is -0.505 e. The summed E-state index contributed by atoms with van der Waals surface area (Å²) in [4.78, 5) is 0. The number of aromatic hydroxyl groups is 1. The highest BCUT2D eigenvalue weighted by Gasteiger charge is 2.16. The molecule has 1 rings (SSSR count). The minimum atomic E-state index is -0.533. The Kier molecular flexibility index (Phi) is 3.14. The van der Waals surface area contributed by atoms with Gasteiger partial charge in [0, 0.05) is 0 Å². The molecule has 0 atom stereocenters. The van der Waals surface area contributed by atoms with Gasteiger partial charge in [0.15, 0.2) is 11.6 Å². The van der Waals surface area contributed by atoms with Crippen LogP contribution in [0.3, 0.4) is 0 Å². The lowest BCUT2D eigenvalue weighted by atomic mass is 9.83. The first-order valence-electron chi connectivity index (χ1n) is 4.92. The third-order valence-electron chi connectivity index (χ3n) is 2.65. The molecule has 14 heavy (non-hydrogen) atoms. The number of hydrogen-bond acceptors (Lipinski definition) is 1. The van der Waals surface area contributed by atoms with Gasteiger partial charge in [0.25, 0.3) is 0 Å². The van der Waals surface area contributed by atoms with Crippen LogP contribution in [0.25, 0.3) is 0 Å². The Hall–Kier alpha value is -1.05. The van der Waals surface area contributed by atoms with E-state index in [1.54, 1.807) is 6.07 Å². The van der Waals surface area contributed by atoms with Crippen LogP contribution in [0.2, 0.25) is 0 Å². The van der Waals surface area contributed by atoms with E-state index in [0.29, 0.717) is 0 Å². The summed E-state index contributed by atoms with van der Waals surface area (Å²) in [6.07, 6.45) is 1.89. The minimum absolute atomic E-state index is 0.184. The van der Waals surface area contributed by atoms with Crippen LogP contribution >= 0.6 is 0 Å². The first-order valence-corrected chi connectivity index (χ1v) is 4.92. The summed E-state index contributed by atoms with van der Waals surface area (Å²) >= 11 is 0. The molecule has 0 heterocycles. The van der Waals surface area contributed by atoms with E-state index in [0.717, 1.165) is 18.4 Å². The number of phenolic OH excluding ortho intramolecular Hbond substituents is 1. The van der Waals surface area contributed by atoms with Gasteiger partial charge in [-0.3, -0.25) is 0 Å². The van der Waals surface area contributed by atoms with Gasteiger partial charge in [0.1, 0.15) is 0 Å². The fourth-order valence-corrected chi connectivity index (χ4v) is 1.34.